The van der Waals surface area contributed by atoms with Gasteiger partial charge >= 0.3 is 0 Å². The van der Waals surface area contributed by atoms with Gasteiger partial charge in [-0.05, 0) is 31.2 Å². The molecular formula is C20H21N5O2. The molecule has 4 heterocycles. The molecule has 1 fully saturated rings. The van der Waals surface area contributed by atoms with Gasteiger partial charge in [-0.15, -0.1) is 5.10 Å². The van der Waals surface area contributed by atoms with Crippen LogP contribution in [0.5, 0.6) is 5.88 Å². The van der Waals surface area contributed by atoms with E-state index in [0.29, 0.717) is 11.9 Å². The molecule has 1 N–H and O–H groups in total. The molecule has 0 amide bonds. The van der Waals surface area contributed by atoms with Gasteiger partial charge in [0.05, 0.1) is 13.3 Å². The molecule has 0 radical (unpaired) electrons. The van der Waals surface area contributed by atoms with E-state index in [1.165, 1.54) is 5.69 Å². The number of rotatable bonds is 3. The topological polar surface area (TPSA) is 67.8 Å². The quantitative estimate of drug-likeness (QED) is 0.604. The SMILES string of the molecule is COc1ccc2ncc(-c3cc4c(N5CCNC[C@H]5C)cccc4o3)n2n1. The fraction of sp³-hybridized carbons (Fsp3) is 0.300. The lowest BCUT2D eigenvalue weighted by atomic mass is 10.1. The van der Waals surface area contributed by atoms with Crippen molar-refractivity contribution in [2.24, 2.45) is 0 Å². The van der Waals surface area contributed by atoms with Crippen molar-refractivity contribution in [2.75, 3.05) is 31.6 Å². The van der Waals surface area contributed by atoms with Gasteiger partial charge in [0.2, 0.25) is 5.88 Å². The van der Waals surface area contributed by atoms with E-state index >= 15 is 0 Å². The number of furan rings is 1. The number of fused-ring (bicyclic) bond motifs is 2. The van der Waals surface area contributed by atoms with Crippen LogP contribution in [0.4, 0.5) is 5.69 Å². The maximum Gasteiger partial charge on any atom is 0.231 e. The van der Waals surface area contributed by atoms with Crippen molar-refractivity contribution in [2.45, 2.75) is 13.0 Å². The van der Waals surface area contributed by atoms with Gasteiger partial charge in [0.15, 0.2) is 11.4 Å². The number of nitrogens with zero attached hydrogens (tertiary/aromatic N) is 4. The Kier molecular flexibility index (Phi) is 3.75. The molecule has 138 valence electrons. The van der Waals surface area contributed by atoms with E-state index in [2.05, 4.69) is 45.4 Å². The number of methoxy groups -OCH3 is 1. The summed E-state index contributed by atoms with van der Waals surface area (Å²) in [6.45, 7) is 5.20. The normalized spacial score (nSPS) is 17.7. The summed E-state index contributed by atoms with van der Waals surface area (Å²) in [5, 5.41) is 9.03. The Morgan fingerprint density at radius 3 is 3.04 bits per heavy atom. The molecule has 1 saturated heterocycles. The molecule has 0 aliphatic carbocycles. The van der Waals surface area contributed by atoms with E-state index in [1.54, 1.807) is 23.9 Å². The summed E-state index contributed by atoms with van der Waals surface area (Å²) >= 11 is 0. The molecule has 0 saturated carbocycles. The van der Waals surface area contributed by atoms with Crippen LogP contribution in [0.25, 0.3) is 28.1 Å². The molecule has 1 aromatic carbocycles. The second-order valence-corrected chi connectivity index (χ2v) is 6.84. The van der Waals surface area contributed by atoms with Crippen molar-refractivity contribution in [1.29, 1.82) is 0 Å². The molecular weight excluding hydrogens is 342 g/mol. The number of piperazine rings is 1. The third-order valence-corrected chi connectivity index (χ3v) is 5.15. The highest BCUT2D eigenvalue weighted by Gasteiger charge is 2.22. The van der Waals surface area contributed by atoms with E-state index in [1.807, 2.05) is 12.1 Å². The predicted molar refractivity (Wildman–Crippen MR) is 104 cm³/mol. The Labute approximate surface area is 156 Å². The summed E-state index contributed by atoms with van der Waals surface area (Å²) in [5.41, 5.74) is 3.63. The van der Waals surface area contributed by atoms with E-state index < -0.39 is 0 Å². The minimum Gasteiger partial charge on any atom is -0.480 e. The first-order chi connectivity index (χ1) is 13.2. The number of hydrogen-bond acceptors (Lipinski definition) is 6. The van der Waals surface area contributed by atoms with Gasteiger partial charge in [0.1, 0.15) is 11.3 Å². The van der Waals surface area contributed by atoms with Crippen molar-refractivity contribution < 1.29 is 9.15 Å². The monoisotopic (exact) mass is 363 g/mol. The average Bonchev–Trinajstić information content (AvgIpc) is 3.31. The molecule has 27 heavy (non-hydrogen) atoms. The Morgan fingerprint density at radius 1 is 1.26 bits per heavy atom. The van der Waals surface area contributed by atoms with Crippen LogP contribution in [-0.4, -0.2) is 47.4 Å². The molecule has 0 bridgehead atoms. The van der Waals surface area contributed by atoms with Gasteiger partial charge in [-0.1, -0.05) is 6.07 Å². The minimum atomic E-state index is 0.435. The summed E-state index contributed by atoms with van der Waals surface area (Å²) in [7, 11) is 1.60. The lowest BCUT2D eigenvalue weighted by molar-refractivity contribution is 0.390. The standard InChI is InChI=1S/C20H21N5O2/c1-13-11-21-8-9-24(13)15-4-3-5-17-14(15)10-18(27-17)16-12-22-19-6-7-20(26-2)23-25(16)19/h3-7,10,12-13,21H,8-9,11H2,1-2H3/t13-/m1/s1. The summed E-state index contributed by atoms with van der Waals surface area (Å²) in [5.74, 6) is 1.28. The highest BCUT2D eigenvalue weighted by Crippen LogP contribution is 2.35. The molecule has 5 rings (SSSR count). The zero-order valence-corrected chi connectivity index (χ0v) is 15.3. The molecule has 1 aliphatic heterocycles. The van der Waals surface area contributed by atoms with Gasteiger partial charge in [-0.2, -0.15) is 0 Å². The highest BCUT2D eigenvalue weighted by atomic mass is 16.5. The number of nitrogens with one attached hydrogen (secondary N) is 1. The summed E-state index contributed by atoms with van der Waals surface area (Å²) in [6.07, 6.45) is 1.78. The largest absolute Gasteiger partial charge is 0.480 e. The fourth-order valence-electron chi connectivity index (χ4n) is 3.75. The maximum absolute atomic E-state index is 6.18. The van der Waals surface area contributed by atoms with Gasteiger partial charge in [-0.3, -0.25) is 0 Å². The Bertz CT molecular complexity index is 1120. The maximum atomic E-state index is 6.18. The van der Waals surface area contributed by atoms with Crippen LogP contribution < -0.4 is 15.0 Å². The number of aromatic nitrogens is 3. The van der Waals surface area contributed by atoms with Gasteiger partial charge in [-0.25, -0.2) is 9.50 Å². The van der Waals surface area contributed by atoms with Crippen LogP contribution in [0.3, 0.4) is 0 Å². The molecule has 7 nitrogen and oxygen atoms in total. The molecule has 0 unspecified atom stereocenters. The molecule has 1 atom stereocenters. The van der Waals surface area contributed by atoms with E-state index in [4.69, 9.17) is 9.15 Å². The fourth-order valence-corrected chi connectivity index (χ4v) is 3.75. The average molecular weight is 363 g/mol. The second-order valence-electron chi connectivity index (χ2n) is 6.84. The smallest absolute Gasteiger partial charge is 0.231 e. The minimum absolute atomic E-state index is 0.435. The first kappa shape index (κ1) is 16.1. The molecule has 7 heteroatoms. The number of hydrogen-bond donors (Lipinski definition) is 1. The van der Waals surface area contributed by atoms with E-state index in [0.717, 1.165) is 47.7 Å². The zero-order valence-electron chi connectivity index (χ0n) is 15.3. The van der Waals surface area contributed by atoms with Crippen molar-refractivity contribution in [3.8, 4) is 17.3 Å². The van der Waals surface area contributed by atoms with Crippen LogP contribution in [0.1, 0.15) is 6.92 Å². The molecule has 3 aromatic heterocycles. The number of imidazole rings is 1. The van der Waals surface area contributed by atoms with E-state index in [-0.39, 0.29) is 0 Å². The lowest BCUT2D eigenvalue weighted by Gasteiger charge is -2.36. The van der Waals surface area contributed by atoms with Crippen LogP contribution in [0.15, 0.2) is 47.0 Å². The van der Waals surface area contributed by atoms with Crippen LogP contribution in [0, 0.1) is 0 Å². The first-order valence-electron chi connectivity index (χ1n) is 9.13. The highest BCUT2D eigenvalue weighted by molar-refractivity contribution is 5.94. The Morgan fingerprint density at radius 2 is 2.19 bits per heavy atom. The summed E-state index contributed by atoms with van der Waals surface area (Å²) < 4.78 is 13.2. The lowest BCUT2D eigenvalue weighted by Crippen LogP contribution is -2.49. The van der Waals surface area contributed by atoms with Crippen molar-refractivity contribution in [1.82, 2.24) is 19.9 Å². The van der Waals surface area contributed by atoms with Crippen LogP contribution >= 0.6 is 0 Å². The molecule has 1 aliphatic rings. The van der Waals surface area contributed by atoms with Crippen LogP contribution in [0.2, 0.25) is 0 Å². The first-order valence-corrected chi connectivity index (χ1v) is 9.13. The van der Waals surface area contributed by atoms with Crippen molar-refractivity contribution in [3.05, 3.63) is 42.6 Å². The summed E-state index contributed by atoms with van der Waals surface area (Å²) in [6, 6.07) is 12.4. The van der Waals surface area contributed by atoms with Crippen molar-refractivity contribution in [3.63, 3.8) is 0 Å². The van der Waals surface area contributed by atoms with Gasteiger partial charge in [0.25, 0.3) is 0 Å². The number of anilines is 1. The Hall–Kier alpha value is -3.06. The van der Waals surface area contributed by atoms with Gasteiger partial charge in [0, 0.05) is 42.8 Å². The van der Waals surface area contributed by atoms with Crippen molar-refractivity contribution >= 4 is 22.3 Å². The van der Waals surface area contributed by atoms with Crippen LogP contribution in [-0.2, 0) is 0 Å². The molecule has 0 spiro atoms. The number of ether oxygens (including phenoxy) is 1. The molecule has 4 aromatic rings. The predicted octanol–water partition coefficient (Wildman–Crippen LogP) is 2.95. The second kappa shape index (κ2) is 6.28. The third-order valence-electron chi connectivity index (χ3n) is 5.15. The third kappa shape index (κ3) is 2.62. The zero-order chi connectivity index (χ0) is 18.4. The Balaban J connectivity index is 1.64. The van der Waals surface area contributed by atoms with E-state index in [9.17, 15) is 0 Å². The van der Waals surface area contributed by atoms with Gasteiger partial charge < -0.3 is 19.4 Å². The number of benzene rings is 1. The summed E-state index contributed by atoms with van der Waals surface area (Å²) in [4.78, 5) is 6.87.